The molecule has 0 aliphatic heterocycles. The van der Waals surface area contributed by atoms with Gasteiger partial charge < -0.3 is 20.9 Å². The summed E-state index contributed by atoms with van der Waals surface area (Å²) in [6.07, 6.45) is 1.82. The number of hydrogen-bond acceptors (Lipinski definition) is 5. The first kappa shape index (κ1) is 14.9. The van der Waals surface area contributed by atoms with Crippen LogP contribution in [0.5, 0.6) is 0 Å². The Morgan fingerprint density at radius 2 is 2.06 bits per heavy atom. The molecule has 4 N–H and O–H groups in total. The summed E-state index contributed by atoms with van der Waals surface area (Å²) < 4.78 is 4.43. The van der Waals surface area contributed by atoms with Crippen molar-refractivity contribution in [2.45, 2.75) is 31.8 Å². The van der Waals surface area contributed by atoms with Crippen molar-refractivity contribution in [1.82, 2.24) is 5.32 Å². The summed E-state index contributed by atoms with van der Waals surface area (Å²) in [6, 6.07) is 0. The van der Waals surface area contributed by atoms with Gasteiger partial charge in [0.25, 0.3) is 0 Å². The second-order valence-corrected chi connectivity index (χ2v) is 3.87. The summed E-state index contributed by atoms with van der Waals surface area (Å²) in [4.78, 5) is 21.5. The van der Waals surface area contributed by atoms with Crippen LogP contribution in [-0.2, 0) is 14.3 Å². The van der Waals surface area contributed by atoms with E-state index >= 15 is 0 Å². The zero-order valence-corrected chi connectivity index (χ0v) is 9.78. The van der Waals surface area contributed by atoms with E-state index in [9.17, 15) is 14.7 Å². The fourth-order valence-corrected chi connectivity index (χ4v) is 1.17. The van der Waals surface area contributed by atoms with Crippen molar-refractivity contribution in [3.63, 3.8) is 0 Å². The summed E-state index contributed by atoms with van der Waals surface area (Å²) in [7, 11) is 1.23. The van der Waals surface area contributed by atoms with Gasteiger partial charge in [-0.15, -0.1) is 0 Å². The number of amides is 1. The topological polar surface area (TPSA) is 102 Å². The number of ether oxygens (including phenoxy) is 1. The number of nitrogens with one attached hydrogen (secondary N) is 1. The molecule has 1 amide bonds. The van der Waals surface area contributed by atoms with E-state index in [2.05, 4.69) is 10.1 Å². The second-order valence-electron chi connectivity index (χ2n) is 3.87. The first-order chi connectivity index (χ1) is 7.40. The normalized spacial score (nSPS) is 14.2. The quantitative estimate of drug-likeness (QED) is 0.374. The van der Waals surface area contributed by atoms with Crippen molar-refractivity contribution in [1.29, 1.82) is 0 Å². The van der Waals surface area contributed by atoms with E-state index in [1.807, 2.05) is 0 Å². The maximum Gasteiger partial charge on any atom is 0.338 e. The van der Waals surface area contributed by atoms with Gasteiger partial charge in [0.15, 0.2) is 5.60 Å². The standard InChI is InChI=1S/C10H20N2O4/c1-10(15,9(14)16-2)7-12-6-4-3-5-8(11)13/h12,15H,3-7H2,1-2H3,(H2,11,13). The Bertz CT molecular complexity index is 241. The number of carbonyl (C=O) groups is 2. The SMILES string of the molecule is COC(=O)C(C)(O)CNCCCCC(N)=O. The maximum absolute atomic E-state index is 11.1. The lowest BCUT2D eigenvalue weighted by Gasteiger charge is -2.20. The lowest BCUT2D eigenvalue weighted by Crippen LogP contribution is -2.45. The summed E-state index contributed by atoms with van der Waals surface area (Å²) >= 11 is 0. The summed E-state index contributed by atoms with van der Waals surface area (Å²) in [5, 5.41) is 12.5. The molecule has 16 heavy (non-hydrogen) atoms. The van der Waals surface area contributed by atoms with Crippen molar-refractivity contribution in [3.8, 4) is 0 Å². The molecule has 0 spiro atoms. The Morgan fingerprint density at radius 1 is 1.44 bits per heavy atom. The van der Waals surface area contributed by atoms with Gasteiger partial charge in [-0.2, -0.15) is 0 Å². The molecule has 0 aliphatic carbocycles. The first-order valence-electron chi connectivity index (χ1n) is 5.20. The highest BCUT2D eigenvalue weighted by atomic mass is 16.5. The van der Waals surface area contributed by atoms with Gasteiger partial charge in [0, 0.05) is 13.0 Å². The fourth-order valence-electron chi connectivity index (χ4n) is 1.17. The Hall–Kier alpha value is -1.14. The van der Waals surface area contributed by atoms with Gasteiger partial charge in [-0.3, -0.25) is 4.79 Å². The number of unbranched alkanes of at least 4 members (excludes halogenated alkanes) is 1. The lowest BCUT2D eigenvalue weighted by atomic mass is 10.1. The van der Waals surface area contributed by atoms with Crippen LogP contribution >= 0.6 is 0 Å². The molecular weight excluding hydrogens is 212 g/mol. The molecule has 6 nitrogen and oxygen atoms in total. The Morgan fingerprint density at radius 3 is 2.56 bits per heavy atom. The van der Waals surface area contributed by atoms with Crippen LogP contribution in [0, 0.1) is 0 Å². The molecule has 0 saturated heterocycles. The molecule has 0 radical (unpaired) electrons. The van der Waals surface area contributed by atoms with E-state index in [0.717, 1.165) is 6.42 Å². The van der Waals surface area contributed by atoms with Crippen molar-refractivity contribution in [2.75, 3.05) is 20.2 Å². The highest BCUT2D eigenvalue weighted by molar-refractivity contribution is 5.78. The van der Waals surface area contributed by atoms with Crippen molar-refractivity contribution in [2.24, 2.45) is 5.73 Å². The van der Waals surface area contributed by atoms with Crippen LogP contribution in [0.4, 0.5) is 0 Å². The molecule has 1 unspecified atom stereocenters. The molecule has 0 fully saturated rings. The number of primary amides is 1. The van der Waals surface area contributed by atoms with Gasteiger partial charge in [-0.05, 0) is 26.3 Å². The molecule has 0 aromatic carbocycles. The van der Waals surface area contributed by atoms with Gasteiger partial charge in [0.2, 0.25) is 5.91 Å². The van der Waals surface area contributed by atoms with Crippen LogP contribution in [0.25, 0.3) is 0 Å². The number of hydrogen-bond donors (Lipinski definition) is 3. The minimum atomic E-state index is -1.52. The van der Waals surface area contributed by atoms with Crippen molar-refractivity contribution < 1.29 is 19.4 Å². The third-order valence-electron chi connectivity index (χ3n) is 2.12. The highest BCUT2D eigenvalue weighted by Crippen LogP contribution is 2.03. The predicted octanol–water partition coefficient (Wildman–Crippen LogP) is -0.844. The number of aliphatic hydroxyl groups is 1. The van der Waals surface area contributed by atoms with E-state index < -0.39 is 11.6 Å². The third kappa shape index (κ3) is 6.36. The number of rotatable bonds is 8. The molecule has 94 valence electrons. The van der Waals surface area contributed by atoms with Gasteiger partial charge in [0.05, 0.1) is 7.11 Å². The van der Waals surface area contributed by atoms with E-state index in [0.29, 0.717) is 19.4 Å². The second kappa shape index (κ2) is 7.19. The van der Waals surface area contributed by atoms with E-state index in [1.54, 1.807) is 0 Å². The first-order valence-corrected chi connectivity index (χ1v) is 5.20. The number of methoxy groups -OCH3 is 1. The third-order valence-corrected chi connectivity index (χ3v) is 2.12. The minimum absolute atomic E-state index is 0.121. The minimum Gasteiger partial charge on any atom is -0.467 e. The monoisotopic (exact) mass is 232 g/mol. The smallest absolute Gasteiger partial charge is 0.338 e. The van der Waals surface area contributed by atoms with E-state index in [1.165, 1.54) is 14.0 Å². The molecule has 0 aromatic rings. The molecular formula is C10H20N2O4. The van der Waals surface area contributed by atoms with Crippen LogP contribution in [0.15, 0.2) is 0 Å². The number of esters is 1. The van der Waals surface area contributed by atoms with E-state index in [4.69, 9.17) is 5.73 Å². The summed E-state index contributed by atoms with van der Waals surface area (Å²) in [6.45, 7) is 2.12. The van der Waals surface area contributed by atoms with Crippen molar-refractivity contribution >= 4 is 11.9 Å². The largest absolute Gasteiger partial charge is 0.467 e. The number of carbonyl (C=O) groups excluding carboxylic acids is 2. The molecule has 0 bridgehead atoms. The lowest BCUT2D eigenvalue weighted by molar-refractivity contribution is -0.159. The number of nitrogens with two attached hydrogens (primary N) is 1. The average Bonchev–Trinajstić information content (AvgIpc) is 2.21. The van der Waals surface area contributed by atoms with Crippen LogP contribution in [0.1, 0.15) is 26.2 Å². The molecule has 0 aliphatic rings. The molecule has 0 rings (SSSR count). The van der Waals surface area contributed by atoms with Crippen LogP contribution in [0.2, 0.25) is 0 Å². The van der Waals surface area contributed by atoms with E-state index in [-0.39, 0.29) is 12.5 Å². The van der Waals surface area contributed by atoms with Gasteiger partial charge in [0.1, 0.15) is 0 Å². The van der Waals surface area contributed by atoms with Gasteiger partial charge in [-0.1, -0.05) is 0 Å². The summed E-state index contributed by atoms with van der Waals surface area (Å²) in [5.41, 5.74) is 3.46. The van der Waals surface area contributed by atoms with Crippen LogP contribution < -0.4 is 11.1 Å². The molecule has 0 heterocycles. The molecule has 1 atom stereocenters. The zero-order valence-electron chi connectivity index (χ0n) is 9.78. The fraction of sp³-hybridized carbons (Fsp3) is 0.800. The van der Waals surface area contributed by atoms with Crippen molar-refractivity contribution in [3.05, 3.63) is 0 Å². The highest BCUT2D eigenvalue weighted by Gasteiger charge is 2.30. The van der Waals surface area contributed by atoms with Crippen LogP contribution in [-0.4, -0.2) is 42.8 Å². The Balaban J connectivity index is 3.58. The maximum atomic E-state index is 11.1. The molecule has 6 heteroatoms. The Labute approximate surface area is 95.1 Å². The van der Waals surface area contributed by atoms with Gasteiger partial charge >= 0.3 is 5.97 Å². The molecule has 0 saturated carbocycles. The van der Waals surface area contributed by atoms with Crippen LogP contribution in [0.3, 0.4) is 0 Å². The zero-order chi connectivity index (χ0) is 12.6. The summed E-state index contributed by atoms with van der Waals surface area (Å²) in [5.74, 6) is -0.987. The average molecular weight is 232 g/mol. The van der Waals surface area contributed by atoms with Gasteiger partial charge in [-0.25, -0.2) is 4.79 Å². The Kier molecular flexibility index (Phi) is 6.67. The predicted molar refractivity (Wildman–Crippen MR) is 58.6 cm³/mol. The molecule has 0 aromatic heterocycles.